The molecule has 0 fully saturated rings. The van der Waals surface area contributed by atoms with E-state index in [0.29, 0.717) is 0 Å². The lowest BCUT2D eigenvalue weighted by Crippen LogP contribution is -2.22. The Morgan fingerprint density at radius 2 is 2.06 bits per heavy atom. The molecule has 3 heteroatoms. The molecule has 0 unspecified atom stereocenters. The van der Waals surface area contributed by atoms with E-state index >= 15 is 0 Å². The molecule has 0 radical (unpaired) electrons. The van der Waals surface area contributed by atoms with E-state index < -0.39 is 5.60 Å². The standard InChI is InChI=1S/C15H20O3/c1-11-6-5-7-12(13(11)10-16)8-9-14(17)18-15(2,3)4/h5-9,16H,10H2,1-4H3. The lowest BCUT2D eigenvalue weighted by atomic mass is 10.0. The van der Waals surface area contributed by atoms with Gasteiger partial charge in [0.1, 0.15) is 5.60 Å². The topological polar surface area (TPSA) is 46.5 Å². The molecule has 98 valence electrons. The molecule has 0 aliphatic rings. The minimum absolute atomic E-state index is 0.0410. The molecule has 1 aromatic carbocycles. The van der Waals surface area contributed by atoms with Crippen molar-refractivity contribution in [2.75, 3.05) is 0 Å². The third-order valence-electron chi connectivity index (χ3n) is 2.41. The Hall–Kier alpha value is -1.61. The lowest BCUT2D eigenvalue weighted by Gasteiger charge is -2.18. The summed E-state index contributed by atoms with van der Waals surface area (Å²) in [6, 6.07) is 5.68. The van der Waals surface area contributed by atoms with Crippen molar-refractivity contribution < 1.29 is 14.6 Å². The summed E-state index contributed by atoms with van der Waals surface area (Å²) in [4.78, 5) is 11.5. The van der Waals surface area contributed by atoms with Gasteiger partial charge in [-0.1, -0.05) is 18.2 Å². The van der Waals surface area contributed by atoms with Crippen LogP contribution in [0.5, 0.6) is 0 Å². The van der Waals surface area contributed by atoms with Crippen LogP contribution in [0.3, 0.4) is 0 Å². The van der Waals surface area contributed by atoms with Crippen molar-refractivity contribution in [1.29, 1.82) is 0 Å². The predicted octanol–water partition coefficient (Wildman–Crippen LogP) is 2.84. The van der Waals surface area contributed by atoms with Crippen LogP contribution in [-0.2, 0) is 16.1 Å². The predicted molar refractivity (Wildman–Crippen MR) is 72.0 cm³/mol. The molecule has 0 amide bonds. The summed E-state index contributed by atoms with van der Waals surface area (Å²) < 4.78 is 5.17. The highest BCUT2D eigenvalue weighted by Crippen LogP contribution is 2.16. The van der Waals surface area contributed by atoms with Crippen molar-refractivity contribution in [3.63, 3.8) is 0 Å². The first-order chi connectivity index (χ1) is 8.33. The number of carbonyl (C=O) groups is 1. The number of carbonyl (C=O) groups excluding carboxylic acids is 1. The second-order valence-electron chi connectivity index (χ2n) is 5.17. The van der Waals surface area contributed by atoms with Crippen LogP contribution >= 0.6 is 0 Å². The van der Waals surface area contributed by atoms with Gasteiger partial charge in [-0.15, -0.1) is 0 Å². The average molecular weight is 248 g/mol. The van der Waals surface area contributed by atoms with Gasteiger partial charge in [-0.2, -0.15) is 0 Å². The number of benzene rings is 1. The average Bonchev–Trinajstić information content (AvgIpc) is 2.24. The highest BCUT2D eigenvalue weighted by atomic mass is 16.6. The largest absolute Gasteiger partial charge is 0.457 e. The van der Waals surface area contributed by atoms with Crippen molar-refractivity contribution in [3.8, 4) is 0 Å². The van der Waals surface area contributed by atoms with Gasteiger partial charge in [-0.05, 0) is 50.5 Å². The van der Waals surface area contributed by atoms with Gasteiger partial charge in [-0.25, -0.2) is 4.79 Å². The smallest absolute Gasteiger partial charge is 0.331 e. The molecule has 1 aromatic rings. The zero-order valence-corrected chi connectivity index (χ0v) is 11.4. The number of hydrogen-bond acceptors (Lipinski definition) is 3. The number of aliphatic hydroxyl groups excluding tert-OH is 1. The van der Waals surface area contributed by atoms with Crippen molar-refractivity contribution in [3.05, 3.63) is 41.0 Å². The molecular formula is C15H20O3. The molecule has 0 bridgehead atoms. The van der Waals surface area contributed by atoms with Gasteiger partial charge in [0.15, 0.2) is 0 Å². The van der Waals surface area contributed by atoms with E-state index in [1.54, 1.807) is 6.08 Å². The molecule has 0 aliphatic heterocycles. The fraction of sp³-hybridized carbons (Fsp3) is 0.400. The van der Waals surface area contributed by atoms with Gasteiger partial charge in [0.05, 0.1) is 6.61 Å². The molecule has 0 aromatic heterocycles. The van der Waals surface area contributed by atoms with Gasteiger partial charge in [0, 0.05) is 6.08 Å². The molecule has 18 heavy (non-hydrogen) atoms. The molecule has 3 nitrogen and oxygen atoms in total. The van der Waals surface area contributed by atoms with Crippen LogP contribution in [0, 0.1) is 6.92 Å². The lowest BCUT2D eigenvalue weighted by molar-refractivity contribution is -0.148. The Morgan fingerprint density at radius 3 is 2.61 bits per heavy atom. The van der Waals surface area contributed by atoms with E-state index in [4.69, 9.17) is 4.74 Å². The Balaban J connectivity index is 2.85. The number of rotatable bonds is 3. The van der Waals surface area contributed by atoms with Crippen LogP contribution in [0.4, 0.5) is 0 Å². The minimum atomic E-state index is -0.492. The van der Waals surface area contributed by atoms with Crippen LogP contribution in [-0.4, -0.2) is 16.7 Å². The summed E-state index contributed by atoms with van der Waals surface area (Å²) in [5.41, 5.74) is 2.18. The van der Waals surface area contributed by atoms with Crippen LogP contribution in [0.1, 0.15) is 37.5 Å². The highest BCUT2D eigenvalue weighted by molar-refractivity contribution is 5.87. The van der Waals surface area contributed by atoms with E-state index in [2.05, 4.69) is 0 Å². The van der Waals surface area contributed by atoms with E-state index in [1.165, 1.54) is 6.08 Å². The number of aliphatic hydroxyl groups is 1. The Morgan fingerprint density at radius 1 is 1.39 bits per heavy atom. The molecule has 0 saturated carbocycles. The van der Waals surface area contributed by atoms with Crippen LogP contribution in [0.25, 0.3) is 6.08 Å². The zero-order chi connectivity index (χ0) is 13.8. The normalized spacial score (nSPS) is 11.8. The van der Waals surface area contributed by atoms with Crippen molar-refractivity contribution in [2.45, 2.75) is 39.9 Å². The number of hydrogen-bond donors (Lipinski definition) is 1. The molecule has 0 atom stereocenters. The SMILES string of the molecule is Cc1cccc(C=CC(=O)OC(C)(C)C)c1CO. The first kappa shape index (κ1) is 14.5. The quantitative estimate of drug-likeness (QED) is 0.661. The number of ether oxygens (including phenoxy) is 1. The summed E-state index contributed by atoms with van der Waals surface area (Å²) in [5, 5.41) is 9.30. The summed E-state index contributed by atoms with van der Waals surface area (Å²) in [6.07, 6.45) is 3.06. The van der Waals surface area contributed by atoms with Crippen molar-refractivity contribution in [1.82, 2.24) is 0 Å². The maximum absolute atomic E-state index is 11.5. The molecule has 1 N–H and O–H groups in total. The number of esters is 1. The minimum Gasteiger partial charge on any atom is -0.457 e. The van der Waals surface area contributed by atoms with Crippen molar-refractivity contribution in [2.24, 2.45) is 0 Å². The third-order valence-corrected chi connectivity index (χ3v) is 2.41. The molecule has 0 saturated heterocycles. The van der Waals surface area contributed by atoms with E-state index in [-0.39, 0.29) is 12.6 Å². The van der Waals surface area contributed by atoms with Crippen LogP contribution in [0.15, 0.2) is 24.3 Å². The zero-order valence-electron chi connectivity index (χ0n) is 11.4. The summed E-state index contributed by atoms with van der Waals surface area (Å²) in [5.74, 6) is -0.382. The van der Waals surface area contributed by atoms with E-state index in [0.717, 1.165) is 16.7 Å². The fourth-order valence-electron chi connectivity index (χ4n) is 1.59. The van der Waals surface area contributed by atoms with E-state index in [1.807, 2.05) is 45.9 Å². The fourth-order valence-corrected chi connectivity index (χ4v) is 1.59. The van der Waals surface area contributed by atoms with Gasteiger partial charge in [0.2, 0.25) is 0 Å². The second-order valence-corrected chi connectivity index (χ2v) is 5.17. The van der Waals surface area contributed by atoms with Crippen molar-refractivity contribution >= 4 is 12.0 Å². The first-order valence-electron chi connectivity index (χ1n) is 5.94. The monoisotopic (exact) mass is 248 g/mol. The first-order valence-corrected chi connectivity index (χ1v) is 5.94. The highest BCUT2D eigenvalue weighted by Gasteiger charge is 2.14. The Kier molecular flexibility index (Phi) is 4.68. The number of aryl methyl sites for hydroxylation is 1. The molecular weight excluding hydrogens is 228 g/mol. The van der Waals surface area contributed by atoms with Crippen LogP contribution < -0.4 is 0 Å². The maximum Gasteiger partial charge on any atom is 0.331 e. The Labute approximate surface area is 108 Å². The van der Waals surface area contributed by atoms with Gasteiger partial charge in [-0.3, -0.25) is 0 Å². The molecule has 0 spiro atoms. The maximum atomic E-state index is 11.5. The second kappa shape index (κ2) is 5.83. The van der Waals surface area contributed by atoms with Gasteiger partial charge < -0.3 is 9.84 Å². The molecule has 0 aliphatic carbocycles. The molecule has 0 heterocycles. The summed E-state index contributed by atoms with van der Waals surface area (Å²) in [6.45, 7) is 7.36. The van der Waals surface area contributed by atoms with Gasteiger partial charge >= 0.3 is 5.97 Å². The molecule has 1 rings (SSSR count). The summed E-state index contributed by atoms with van der Waals surface area (Å²) >= 11 is 0. The third kappa shape index (κ3) is 4.34. The summed E-state index contributed by atoms with van der Waals surface area (Å²) in [7, 11) is 0. The Bertz CT molecular complexity index is 453. The van der Waals surface area contributed by atoms with Crippen LogP contribution in [0.2, 0.25) is 0 Å². The van der Waals surface area contributed by atoms with Gasteiger partial charge in [0.25, 0.3) is 0 Å². The van der Waals surface area contributed by atoms with E-state index in [9.17, 15) is 9.90 Å².